The van der Waals surface area contributed by atoms with Crippen LogP contribution in [0.2, 0.25) is 5.02 Å². The van der Waals surface area contributed by atoms with E-state index in [2.05, 4.69) is 15.4 Å². The summed E-state index contributed by atoms with van der Waals surface area (Å²) < 4.78 is 1.52. The van der Waals surface area contributed by atoms with Crippen molar-refractivity contribution >= 4 is 23.0 Å². The van der Waals surface area contributed by atoms with E-state index >= 15 is 0 Å². The summed E-state index contributed by atoms with van der Waals surface area (Å²) in [5.41, 5.74) is 2.12. The second kappa shape index (κ2) is 5.81. The van der Waals surface area contributed by atoms with E-state index in [4.69, 9.17) is 11.6 Å². The van der Waals surface area contributed by atoms with E-state index in [1.807, 2.05) is 6.92 Å². The van der Waals surface area contributed by atoms with Crippen molar-refractivity contribution in [1.82, 2.24) is 19.9 Å². The number of nitrogens with one attached hydrogen (secondary N) is 1. The van der Waals surface area contributed by atoms with Crippen LogP contribution in [0.25, 0.3) is 16.6 Å². The van der Waals surface area contributed by atoms with Crippen LogP contribution in [0, 0.1) is 6.92 Å². The van der Waals surface area contributed by atoms with Crippen LogP contribution in [0.1, 0.15) is 16.1 Å². The summed E-state index contributed by atoms with van der Waals surface area (Å²) in [6.45, 7) is 1.84. The Kier molecular flexibility index (Phi) is 3.83. The number of hydrogen-bond acceptors (Lipinski definition) is 4. The first-order valence-corrected chi connectivity index (χ1v) is 7.26. The van der Waals surface area contributed by atoms with Gasteiger partial charge in [-0.15, -0.1) is 0 Å². The van der Waals surface area contributed by atoms with Gasteiger partial charge in [-0.1, -0.05) is 11.6 Å². The standard InChI is InChI=1S/C16H13ClN4O2/c1-9-3-6-13-14(16(23)19-8-21(13)20-9)11-7-10(15(22)18-2)4-5-12(11)17/h3-8H,1-2H3,(H,18,22). The maximum Gasteiger partial charge on any atom is 0.281 e. The molecule has 116 valence electrons. The molecule has 3 aromatic rings. The molecule has 0 saturated carbocycles. The van der Waals surface area contributed by atoms with Crippen molar-refractivity contribution < 1.29 is 4.79 Å². The number of aromatic nitrogens is 3. The van der Waals surface area contributed by atoms with Crippen molar-refractivity contribution in [3.8, 4) is 11.1 Å². The number of hydrogen-bond donors (Lipinski definition) is 1. The second-order valence-electron chi connectivity index (χ2n) is 5.00. The molecular formula is C16H13ClN4O2. The van der Waals surface area contributed by atoms with Crippen molar-refractivity contribution in [3.05, 3.63) is 63.3 Å². The van der Waals surface area contributed by atoms with Crippen molar-refractivity contribution in [2.75, 3.05) is 7.05 Å². The fourth-order valence-corrected chi connectivity index (χ4v) is 2.57. The molecule has 2 heterocycles. The van der Waals surface area contributed by atoms with Gasteiger partial charge in [0, 0.05) is 23.2 Å². The smallest absolute Gasteiger partial charge is 0.281 e. The summed E-state index contributed by atoms with van der Waals surface area (Å²) in [7, 11) is 1.54. The van der Waals surface area contributed by atoms with Crippen molar-refractivity contribution in [1.29, 1.82) is 0 Å². The summed E-state index contributed by atoms with van der Waals surface area (Å²) in [4.78, 5) is 28.0. The lowest BCUT2D eigenvalue weighted by atomic mass is 10.0. The van der Waals surface area contributed by atoms with E-state index in [1.54, 1.807) is 30.3 Å². The number of nitrogens with zero attached hydrogens (tertiary/aromatic N) is 3. The van der Waals surface area contributed by atoms with Gasteiger partial charge in [-0.05, 0) is 37.3 Å². The summed E-state index contributed by atoms with van der Waals surface area (Å²) in [5, 5.41) is 7.21. The molecule has 0 aliphatic rings. The first-order chi connectivity index (χ1) is 11.0. The van der Waals surface area contributed by atoms with Gasteiger partial charge in [0.15, 0.2) is 0 Å². The normalized spacial score (nSPS) is 10.7. The van der Waals surface area contributed by atoms with E-state index in [-0.39, 0.29) is 5.91 Å². The first kappa shape index (κ1) is 15.2. The number of carbonyl (C=O) groups excluding carboxylic acids is 1. The zero-order valence-electron chi connectivity index (χ0n) is 12.5. The molecule has 7 heteroatoms. The molecule has 0 aliphatic carbocycles. The zero-order chi connectivity index (χ0) is 16.6. The Balaban J connectivity index is 2.34. The maximum atomic E-state index is 12.3. The molecule has 0 unspecified atom stereocenters. The van der Waals surface area contributed by atoms with E-state index in [9.17, 15) is 9.59 Å². The molecule has 1 amide bonds. The fraction of sp³-hybridized carbons (Fsp3) is 0.125. The highest BCUT2D eigenvalue weighted by atomic mass is 35.5. The van der Waals surface area contributed by atoms with Gasteiger partial charge < -0.3 is 5.32 Å². The first-order valence-electron chi connectivity index (χ1n) is 6.88. The number of halogens is 1. The molecule has 1 N–H and O–H groups in total. The predicted octanol–water partition coefficient (Wildman–Crippen LogP) is 2.08. The summed E-state index contributed by atoms with van der Waals surface area (Å²) in [6.07, 6.45) is 1.37. The molecule has 0 fully saturated rings. The second-order valence-corrected chi connectivity index (χ2v) is 5.41. The highest BCUT2D eigenvalue weighted by molar-refractivity contribution is 6.33. The van der Waals surface area contributed by atoms with Gasteiger partial charge in [0.1, 0.15) is 6.33 Å². The number of carbonyl (C=O) groups is 1. The lowest BCUT2D eigenvalue weighted by molar-refractivity contribution is 0.0963. The van der Waals surface area contributed by atoms with E-state index in [0.29, 0.717) is 27.2 Å². The number of fused-ring (bicyclic) bond motifs is 1. The molecule has 0 bridgehead atoms. The van der Waals surface area contributed by atoms with E-state index < -0.39 is 5.56 Å². The Labute approximate surface area is 136 Å². The molecule has 1 aromatic carbocycles. The van der Waals surface area contributed by atoms with Gasteiger partial charge in [0.25, 0.3) is 11.5 Å². The molecule has 23 heavy (non-hydrogen) atoms. The summed E-state index contributed by atoms with van der Waals surface area (Å²) in [5.74, 6) is -0.259. The molecule has 0 spiro atoms. The number of aryl methyl sites for hydroxylation is 1. The topological polar surface area (TPSA) is 76.4 Å². The van der Waals surface area contributed by atoms with Gasteiger partial charge >= 0.3 is 0 Å². The number of rotatable bonds is 2. The largest absolute Gasteiger partial charge is 0.355 e. The molecule has 3 rings (SSSR count). The minimum absolute atomic E-state index is 0.259. The third kappa shape index (κ3) is 2.68. The van der Waals surface area contributed by atoms with Crippen LogP contribution in [0.3, 0.4) is 0 Å². The average Bonchev–Trinajstić information content (AvgIpc) is 2.55. The SMILES string of the molecule is CNC(=O)c1ccc(Cl)c(-c2c(=O)ncn3nc(C)ccc23)c1. The van der Waals surface area contributed by atoms with Crippen molar-refractivity contribution in [2.24, 2.45) is 0 Å². The van der Waals surface area contributed by atoms with Crippen LogP contribution < -0.4 is 10.9 Å². The highest BCUT2D eigenvalue weighted by Crippen LogP contribution is 2.29. The summed E-state index contributed by atoms with van der Waals surface area (Å²) in [6, 6.07) is 8.35. The van der Waals surface area contributed by atoms with Crippen LogP contribution in [-0.2, 0) is 0 Å². The molecule has 0 radical (unpaired) electrons. The zero-order valence-corrected chi connectivity index (χ0v) is 13.3. The van der Waals surface area contributed by atoms with Gasteiger partial charge in [0.05, 0.1) is 16.8 Å². The number of benzene rings is 1. The Morgan fingerprint density at radius 2 is 2.04 bits per heavy atom. The Hall–Kier alpha value is -2.73. The lowest BCUT2D eigenvalue weighted by Gasteiger charge is -2.10. The monoisotopic (exact) mass is 328 g/mol. The van der Waals surface area contributed by atoms with E-state index in [0.717, 1.165) is 5.69 Å². The molecule has 0 atom stereocenters. The quantitative estimate of drug-likeness (QED) is 0.781. The minimum Gasteiger partial charge on any atom is -0.355 e. The van der Waals surface area contributed by atoms with Gasteiger partial charge in [-0.25, -0.2) is 4.52 Å². The fourth-order valence-electron chi connectivity index (χ4n) is 2.36. The third-order valence-electron chi connectivity index (χ3n) is 3.47. The summed E-state index contributed by atoms with van der Waals surface area (Å²) >= 11 is 6.25. The molecule has 0 aliphatic heterocycles. The maximum absolute atomic E-state index is 12.3. The number of amides is 1. The Morgan fingerprint density at radius 1 is 1.26 bits per heavy atom. The van der Waals surface area contributed by atoms with Gasteiger partial charge in [0.2, 0.25) is 0 Å². The van der Waals surface area contributed by atoms with Crippen LogP contribution in [0.4, 0.5) is 0 Å². The third-order valence-corrected chi connectivity index (χ3v) is 3.80. The van der Waals surface area contributed by atoms with Crippen LogP contribution >= 0.6 is 11.6 Å². The molecule has 0 saturated heterocycles. The van der Waals surface area contributed by atoms with Crippen LogP contribution in [0.5, 0.6) is 0 Å². The van der Waals surface area contributed by atoms with Crippen molar-refractivity contribution in [2.45, 2.75) is 6.92 Å². The Bertz CT molecular complexity index is 981. The average molecular weight is 329 g/mol. The minimum atomic E-state index is -0.424. The predicted molar refractivity (Wildman–Crippen MR) is 87.8 cm³/mol. The molecule has 6 nitrogen and oxygen atoms in total. The van der Waals surface area contributed by atoms with E-state index in [1.165, 1.54) is 17.9 Å². The van der Waals surface area contributed by atoms with Gasteiger partial charge in [-0.3, -0.25) is 9.59 Å². The van der Waals surface area contributed by atoms with Crippen LogP contribution in [0.15, 0.2) is 41.5 Å². The Morgan fingerprint density at radius 3 is 2.78 bits per heavy atom. The van der Waals surface area contributed by atoms with Crippen molar-refractivity contribution in [3.63, 3.8) is 0 Å². The van der Waals surface area contributed by atoms with Gasteiger partial charge in [-0.2, -0.15) is 10.1 Å². The highest BCUT2D eigenvalue weighted by Gasteiger charge is 2.16. The molecular weight excluding hydrogens is 316 g/mol. The van der Waals surface area contributed by atoms with Crippen LogP contribution in [-0.4, -0.2) is 27.6 Å². The lowest BCUT2D eigenvalue weighted by Crippen LogP contribution is -2.18. The molecule has 2 aromatic heterocycles.